The maximum absolute atomic E-state index is 4.74. The lowest BCUT2D eigenvalue weighted by molar-refractivity contribution is 0.260. The number of fused-ring (bicyclic) bond motifs is 1. The first-order valence-corrected chi connectivity index (χ1v) is 6.75. The third-order valence-electron chi connectivity index (χ3n) is 3.90. The highest BCUT2D eigenvalue weighted by Crippen LogP contribution is 2.22. The van der Waals surface area contributed by atoms with Crippen LogP contribution in [0.25, 0.3) is 0 Å². The molecule has 1 aromatic heterocycles. The van der Waals surface area contributed by atoms with E-state index >= 15 is 0 Å². The zero-order valence-corrected chi connectivity index (χ0v) is 10.6. The van der Waals surface area contributed by atoms with Crippen LogP contribution in [0.3, 0.4) is 0 Å². The number of likely N-dealkylation sites (tertiary alicyclic amines) is 1. The summed E-state index contributed by atoms with van der Waals surface area (Å²) in [6.07, 6.45) is 6.21. The second kappa shape index (κ2) is 4.65. The number of piperidine rings is 1. The Bertz CT molecular complexity index is 402. The molecule has 17 heavy (non-hydrogen) atoms. The molecule has 1 aromatic rings. The zero-order chi connectivity index (χ0) is 11.7. The van der Waals surface area contributed by atoms with Crippen LogP contribution in [0, 0.1) is 0 Å². The normalized spacial score (nSPS) is 24.6. The number of rotatable bonds is 2. The minimum atomic E-state index is 0.570. The van der Waals surface area contributed by atoms with Gasteiger partial charge in [0.15, 0.2) is 0 Å². The summed E-state index contributed by atoms with van der Waals surface area (Å²) in [5, 5.41) is 3.59. The van der Waals surface area contributed by atoms with Crippen LogP contribution in [0.4, 0.5) is 5.82 Å². The fourth-order valence-corrected chi connectivity index (χ4v) is 2.99. The molecule has 0 amide bonds. The highest BCUT2D eigenvalue weighted by atomic mass is 15.1. The molecule has 0 radical (unpaired) electrons. The number of nitrogens with zero attached hydrogens (tertiary/aromatic N) is 2. The van der Waals surface area contributed by atoms with Gasteiger partial charge in [-0.25, -0.2) is 4.98 Å². The van der Waals surface area contributed by atoms with Gasteiger partial charge in [0.1, 0.15) is 5.82 Å². The van der Waals surface area contributed by atoms with Crippen molar-refractivity contribution in [3.05, 3.63) is 23.4 Å². The van der Waals surface area contributed by atoms with E-state index in [4.69, 9.17) is 4.98 Å². The maximum Gasteiger partial charge on any atom is 0.126 e. The number of aryl methyl sites for hydroxylation is 2. The van der Waals surface area contributed by atoms with Crippen molar-refractivity contribution in [2.75, 3.05) is 25.5 Å². The summed E-state index contributed by atoms with van der Waals surface area (Å²) < 4.78 is 0. The SMILES string of the molecule is CN1CCCC(Nc2ccc3c(n2)CCC3)C1. The predicted octanol–water partition coefficient (Wildman–Crippen LogP) is 2.08. The molecule has 0 bridgehead atoms. The molecule has 2 aliphatic rings. The molecule has 1 aliphatic heterocycles. The standard InChI is InChI=1S/C14H21N3/c1-17-9-3-5-12(10-17)15-14-8-7-11-4-2-6-13(11)16-14/h7-8,12H,2-6,9-10H2,1H3,(H,15,16). The number of hydrogen-bond donors (Lipinski definition) is 1. The van der Waals surface area contributed by atoms with Crippen LogP contribution in [0.5, 0.6) is 0 Å². The average Bonchev–Trinajstić information content (AvgIpc) is 2.76. The van der Waals surface area contributed by atoms with E-state index in [1.54, 1.807) is 0 Å². The second-order valence-electron chi connectivity index (χ2n) is 5.40. The molecule has 3 nitrogen and oxygen atoms in total. The first-order valence-electron chi connectivity index (χ1n) is 6.75. The van der Waals surface area contributed by atoms with Crippen molar-refractivity contribution in [2.24, 2.45) is 0 Å². The molecule has 3 heteroatoms. The van der Waals surface area contributed by atoms with Gasteiger partial charge in [0.2, 0.25) is 0 Å². The Kier molecular flexibility index (Phi) is 3.02. The number of likely N-dealkylation sites (N-methyl/N-ethyl adjacent to an activating group) is 1. The van der Waals surface area contributed by atoms with E-state index in [1.807, 2.05) is 0 Å². The van der Waals surface area contributed by atoms with E-state index < -0.39 is 0 Å². The van der Waals surface area contributed by atoms with Crippen molar-refractivity contribution >= 4 is 5.82 Å². The molecular weight excluding hydrogens is 210 g/mol. The lowest BCUT2D eigenvalue weighted by Gasteiger charge is -2.30. The number of pyridine rings is 1. The van der Waals surface area contributed by atoms with Gasteiger partial charge in [-0.3, -0.25) is 0 Å². The molecule has 3 rings (SSSR count). The molecule has 0 saturated carbocycles. The summed E-state index contributed by atoms with van der Waals surface area (Å²) in [6.45, 7) is 2.37. The fraction of sp³-hybridized carbons (Fsp3) is 0.643. The van der Waals surface area contributed by atoms with Crippen LogP contribution >= 0.6 is 0 Å². The molecule has 2 heterocycles. The molecule has 1 atom stereocenters. The Hall–Kier alpha value is -1.09. The van der Waals surface area contributed by atoms with Crippen LogP contribution in [0.1, 0.15) is 30.5 Å². The van der Waals surface area contributed by atoms with E-state index in [-0.39, 0.29) is 0 Å². The summed E-state index contributed by atoms with van der Waals surface area (Å²) in [5.74, 6) is 1.07. The van der Waals surface area contributed by atoms with Crippen molar-refractivity contribution in [3.8, 4) is 0 Å². The first-order chi connectivity index (χ1) is 8.31. The van der Waals surface area contributed by atoms with Crippen LogP contribution in [0.15, 0.2) is 12.1 Å². The number of nitrogens with one attached hydrogen (secondary N) is 1. The quantitative estimate of drug-likeness (QED) is 0.844. The van der Waals surface area contributed by atoms with E-state index in [9.17, 15) is 0 Å². The van der Waals surface area contributed by atoms with E-state index in [1.165, 1.54) is 43.5 Å². The third-order valence-corrected chi connectivity index (χ3v) is 3.90. The second-order valence-corrected chi connectivity index (χ2v) is 5.40. The van der Waals surface area contributed by atoms with Crippen molar-refractivity contribution in [1.82, 2.24) is 9.88 Å². The largest absolute Gasteiger partial charge is 0.366 e. The van der Waals surface area contributed by atoms with Gasteiger partial charge in [-0.15, -0.1) is 0 Å². The Morgan fingerprint density at radius 1 is 1.29 bits per heavy atom. The van der Waals surface area contributed by atoms with Crippen molar-refractivity contribution < 1.29 is 0 Å². The van der Waals surface area contributed by atoms with Crippen molar-refractivity contribution in [3.63, 3.8) is 0 Å². The molecule has 1 N–H and O–H groups in total. The Morgan fingerprint density at radius 2 is 2.24 bits per heavy atom. The van der Waals surface area contributed by atoms with Crippen LogP contribution < -0.4 is 5.32 Å². The molecule has 0 spiro atoms. The molecule has 1 fully saturated rings. The van der Waals surface area contributed by atoms with Gasteiger partial charge in [0, 0.05) is 18.3 Å². The van der Waals surface area contributed by atoms with E-state index in [0.29, 0.717) is 6.04 Å². The lowest BCUT2D eigenvalue weighted by Crippen LogP contribution is -2.39. The predicted molar refractivity (Wildman–Crippen MR) is 70.4 cm³/mol. The third kappa shape index (κ3) is 2.44. The summed E-state index contributed by atoms with van der Waals surface area (Å²) >= 11 is 0. The number of hydrogen-bond acceptors (Lipinski definition) is 3. The van der Waals surface area contributed by atoms with Gasteiger partial charge >= 0.3 is 0 Å². The highest BCUT2D eigenvalue weighted by molar-refractivity contribution is 5.41. The van der Waals surface area contributed by atoms with Gasteiger partial charge in [-0.1, -0.05) is 6.07 Å². The van der Waals surface area contributed by atoms with Gasteiger partial charge in [0.25, 0.3) is 0 Å². The average molecular weight is 231 g/mol. The maximum atomic E-state index is 4.74. The number of anilines is 1. The van der Waals surface area contributed by atoms with Gasteiger partial charge in [-0.05, 0) is 57.3 Å². The molecule has 92 valence electrons. The Balaban J connectivity index is 1.68. The topological polar surface area (TPSA) is 28.2 Å². The van der Waals surface area contributed by atoms with Crippen LogP contribution in [-0.4, -0.2) is 36.1 Å². The Morgan fingerprint density at radius 3 is 3.12 bits per heavy atom. The minimum absolute atomic E-state index is 0.570. The zero-order valence-electron chi connectivity index (χ0n) is 10.6. The summed E-state index contributed by atoms with van der Waals surface area (Å²) in [6, 6.07) is 4.98. The van der Waals surface area contributed by atoms with Gasteiger partial charge < -0.3 is 10.2 Å². The molecule has 1 saturated heterocycles. The van der Waals surface area contributed by atoms with E-state index in [0.717, 1.165) is 18.8 Å². The monoisotopic (exact) mass is 231 g/mol. The first kappa shape index (κ1) is 11.0. The summed E-state index contributed by atoms with van der Waals surface area (Å²) in [5.41, 5.74) is 2.77. The van der Waals surface area contributed by atoms with Crippen LogP contribution in [-0.2, 0) is 12.8 Å². The van der Waals surface area contributed by atoms with Crippen molar-refractivity contribution in [1.29, 1.82) is 0 Å². The fourth-order valence-electron chi connectivity index (χ4n) is 2.99. The molecule has 1 aliphatic carbocycles. The minimum Gasteiger partial charge on any atom is -0.366 e. The lowest BCUT2D eigenvalue weighted by atomic mass is 10.1. The smallest absolute Gasteiger partial charge is 0.126 e. The summed E-state index contributed by atoms with van der Waals surface area (Å²) in [7, 11) is 2.20. The molecular formula is C14H21N3. The van der Waals surface area contributed by atoms with E-state index in [2.05, 4.69) is 29.4 Å². The molecule has 1 unspecified atom stereocenters. The number of aromatic nitrogens is 1. The van der Waals surface area contributed by atoms with Crippen molar-refractivity contribution in [2.45, 2.75) is 38.1 Å². The summed E-state index contributed by atoms with van der Waals surface area (Å²) in [4.78, 5) is 7.14. The van der Waals surface area contributed by atoms with Gasteiger partial charge in [0.05, 0.1) is 0 Å². The highest BCUT2D eigenvalue weighted by Gasteiger charge is 2.18. The van der Waals surface area contributed by atoms with Crippen LogP contribution in [0.2, 0.25) is 0 Å². The Labute approximate surface area is 103 Å². The van der Waals surface area contributed by atoms with Gasteiger partial charge in [-0.2, -0.15) is 0 Å². The molecule has 0 aromatic carbocycles.